The molecular formula is C21H24N2O5. The smallest absolute Gasteiger partial charge is 0.331 e. The third-order valence-electron chi connectivity index (χ3n) is 5.00. The number of rotatable bonds is 5. The fourth-order valence-electron chi connectivity index (χ4n) is 2.87. The van der Waals surface area contributed by atoms with Crippen LogP contribution in [0.2, 0.25) is 0 Å². The minimum absolute atomic E-state index is 0.161. The zero-order valence-corrected chi connectivity index (χ0v) is 17.0. The lowest BCUT2D eigenvalue weighted by Crippen LogP contribution is -2.37. The van der Waals surface area contributed by atoms with Crippen molar-refractivity contribution < 1.29 is 14.3 Å². The van der Waals surface area contributed by atoms with Gasteiger partial charge in [-0.1, -0.05) is 0 Å². The molecule has 0 N–H and O–H groups in total. The van der Waals surface area contributed by atoms with E-state index in [1.807, 2.05) is 27.7 Å². The van der Waals surface area contributed by atoms with Gasteiger partial charge in [0, 0.05) is 31.9 Å². The first-order valence-electron chi connectivity index (χ1n) is 8.76. The summed E-state index contributed by atoms with van der Waals surface area (Å²) in [7, 11) is 2.86. The van der Waals surface area contributed by atoms with Crippen molar-refractivity contribution in [2.75, 3.05) is 6.61 Å². The molecule has 0 atom stereocenters. The molecule has 0 spiro atoms. The Kier molecular flexibility index (Phi) is 6.18. The molecule has 0 amide bonds. The molecule has 0 aliphatic heterocycles. The number of aromatic nitrogens is 2. The maximum Gasteiger partial charge on any atom is 0.331 e. The Morgan fingerprint density at radius 2 is 1.68 bits per heavy atom. The molecule has 0 aliphatic rings. The summed E-state index contributed by atoms with van der Waals surface area (Å²) in [6, 6.07) is 1.80. The van der Waals surface area contributed by atoms with Gasteiger partial charge in [-0.3, -0.25) is 14.2 Å². The predicted octanol–water partition coefficient (Wildman–Crippen LogP) is 1.76. The summed E-state index contributed by atoms with van der Waals surface area (Å²) >= 11 is 0. The number of nitrogens with zero attached hydrogens (tertiary/aromatic N) is 2. The molecule has 1 aromatic heterocycles. The van der Waals surface area contributed by atoms with Crippen LogP contribution in [0.3, 0.4) is 0 Å². The zero-order chi connectivity index (χ0) is 21.2. The van der Waals surface area contributed by atoms with E-state index in [1.165, 1.54) is 30.9 Å². The average molecular weight is 384 g/mol. The number of Topliss-reactive ketones (excluding diaryl/α,β-unsaturated/α-hetero) is 1. The van der Waals surface area contributed by atoms with Crippen LogP contribution in [0.4, 0.5) is 0 Å². The SMILES string of the molecule is Cc1cc(C(=O)COC(=O)/C=C/c2cn(C)c(=O)n(C)c2=O)c(C)c(C)c1C. The van der Waals surface area contributed by atoms with E-state index in [2.05, 4.69) is 0 Å². The summed E-state index contributed by atoms with van der Waals surface area (Å²) in [5.41, 5.74) is 3.75. The number of carbonyl (C=O) groups excluding carboxylic acids is 2. The van der Waals surface area contributed by atoms with Crippen LogP contribution in [-0.2, 0) is 23.6 Å². The second-order valence-electron chi connectivity index (χ2n) is 6.82. The van der Waals surface area contributed by atoms with Crippen molar-refractivity contribution in [2.45, 2.75) is 27.7 Å². The molecule has 0 fully saturated rings. The van der Waals surface area contributed by atoms with Gasteiger partial charge >= 0.3 is 11.7 Å². The van der Waals surface area contributed by atoms with Crippen molar-refractivity contribution in [3.63, 3.8) is 0 Å². The van der Waals surface area contributed by atoms with Gasteiger partial charge in [-0.15, -0.1) is 0 Å². The number of ketones is 1. The maximum absolute atomic E-state index is 12.4. The molecule has 0 aliphatic carbocycles. The van der Waals surface area contributed by atoms with Gasteiger partial charge in [0.15, 0.2) is 6.61 Å². The number of hydrogen-bond acceptors (Lipinski definition) is 5. The predicted molar refractivity (Wildman–Crippen MR) is 107 cm³/mol. The highest BCUT2D eigenvalue weighted by atomic mass is 16.5. The van der Waals surface area contributed by atoms with Gasteiger partial charge in [-0.25, -0.2) is 9.59 Å². The zero-order valence-electron chi connectivity index (χ0n) is 17.0. The van der Waals surface area contributed by atoms with Crippen molar-refractivity contribution in [3.05, 3.63) is 72.6 Å². The van der Waals surface area contributed by atoms with E-state index in [1.54, 1.807) is 6.07 Å². The van der Waals surface area contributed by atoms with Gasteiger partial charge in [0.1, 0.15) is 0 Å². The van der Waals surface area contributed by atoms with Crippen molar-refractivity contribution in [1.29, 1.82) is 0 Å². The summed E-state index contributed by atoms with van der Waals surface area (Å²) in [6.45, 7) is 7.36. The Morgan fingerprint density at radius 3 is 2.32 bits per heavy atom. The van der Waals surface area contributed by atoms with Gasteiger partial charge in [-0.2, -0.15) is 0 Å². The normalized spacial score (nSPS) is 11.1. The third kappa shape index (κ3) is 4.19. The molecule has 0 saturated heterocycles. The Morgan fingerprint density at radius 1 is 1.04 bits per heavy atom. The fourth-order valence-corrected chi connectivity index (χ4v) is 2.87. The summed E-state index contributed by atoms with van der Waals surface area (Å²) in [5, 5.41) is 0. The topological polar surface area (TPSA) is 87.4 Å². The van der Waals surface area contributed by atoms with E-state index >= 15 is 0 Å². The highest BCUT2D eigenvalue weighted by molar-refractivity contribution is 6.00. The lowest BCUT2D eigenvalue weighted by molar-refractivity contribution is -0.136. The standard InChI is InChI=1S/C21H24N2O5/c1-12-9-17(15(4)14(3)13(12)2)18(24)11-28-19(25)8-7-16-10-22(5)21(27)23(6)20(16)26/h7-10H,11H2,1-6H3/b8-7+. The van der Waals surface area contributed by atoms with E-state index < -0.39 is 23.8 Å². The van der Waals surface area contributed by atoms with Gasteiger partial charge in [0.05, 0.1) is 5.56 Å². The number of esters is 1. The molecule has 7 heteroatoms. The highest BCUT2D eigenvalue weighted by Gasteiger charge is 2.15. The number of aryl methyl sites for hydroxylation is 2. The van der Waals surface area contributed by atoms with Crippen molar-refractivity contribution in [2.24, 2.45) is 14.1 Å². The van der Waals surface area contributed by atoms with Crippen LogP contribution in [0.25, 0.3) is 6.08 Å². The Labute approximate surface area is 162 Å². The van der Waals surface area contributed by atoms with Crippen LogP contribution < -0.4 is 11.2 Å². The van der Waals surface area contributed by atoms with Crippen LogP contribution >= 0.6 is 0 Å². The van der Waals surface area contributed by atoms with Crippen LogP contribution in [0.15, 0.2) is 27.9 Å². The summed E-state index contributed by atoms with van der Waals surface area (Å²) in [4.78, 5) is 48.1. The minimum atomic E-state index is -0.748. The molecule has 2 aromatic rings. The molecule has 28 heavy (non-hydrogen) atoms. The molecule has 0 bridgehead atoms. The molecule has 2 rings (SSSR count). The second kappa shape index (κ2) is 8.21. The monoisotopic (exact) mass is 384 g/mol. The van der Waals surface area contributed by atoms with E-state index in [0.29, 0.717) is 5.56 Å². The first kappa shape index (κ1) is 21.1. The Balaban J connectivity index is 2.12. The number of ether oxygens (including phenoxy) is 1. The Hall–Kier alpha value is -3.22. The second-order valence-corrected chi connectivity index (χ2v) is 6.82. The molecule has 0 unspecified atom stereocenters. The van der Waals surface area contributed by atoms with Crippen molar-refractivity contribution >= 4 is 17.8 Å². The lowest BCUT2D eigenvalue weighted by atomic mass is 9.93. The molecule has 1 aromatic carbocycles. The highest BCUT2D eigenvalue weighted by Crippen LogP contribution is 2.21. The number of benzene rings is 1. The van der Waals surface area contributed by atoms with Crippen LogP contribution in [-0.4, -0.2) is 27.5 Å². The number of carbonyl (C=O) groups is 2. The van der Waals surface area contributed by atoms with E-state index in [4.69, 9.17) is 4.74 Å². The lowest BCUT2D eigenvalue weighted by Gasteiger charge is -2.13. The molecule has 0 radical (unpaired) electrons. The van der Waals surface area contributed by atoms with Crippen LogP contribution in [0, 0.1) is 27.7 Å². The molecule has 0 saturated carbocycles. The third-order valence-corrected chi connectivity index (χ3v) is 5.00. The first-order chi connectivity index (χ1) is 13.0. The van der Waals surface area contributed by atoms with Crippen LogP contribution in [0.1, 0.15) is 38.2 Å². The molecular weight excluding hydrogens is 360 g/mol. The summed E-state index contributed by atoms with van der Waals surface area (Å²) in [6.07, 6.45) is 3.66. The van der Waals surface area contributed by atoms with Crippen molar-refractivity contribution in [3.8, 4) is 0 Å². The Bertz CT molecular complexity index is 1100. The van der Waals surface area contributed by atoms with E-state index in [9.17, 15) is 19.2 Å². The molecule has 7 nitrogen and oxygen atoms in total. The quantitative estimate of drug-likeness (QED) is 0.445. The van der Waals surface area contributed by atoms with E-state index in [-0.39, 0.29) is 11.3 Å². The largest absolute Gasteiger partial charge is 0.454 e. The van der Waals surface area contributed by atoms with E-state index in [0.717, 1.165) is 32.9 Å². The summed E-state index contributed by atoms with van der Waals surface area (Å²) in [5.74, 6) is -1.04. The van der Waals surface area contributed by atoms with Gasteiger partial charge < -0.3 is 9.30 Å². The first-order valence-corrected chi connectivity index (χ1v) is 8.76. The summed E-state index contributed by atoms with van der Waals surface area (Å²) < 4.78 is 7.20. The minimum Gasteiger partial charge on any atom is -0.454 e. The van der Waals surface area contributed by atoms with Gasteiger partial charge in [-0.05, 0) is 62.1 Å². The van der Waals surface area contributed by atoms with Gasteiger partial charge in [0.2, 0.25) is 5.78 Å². The van der Waals surface area contributed by atoms with Gasteiger partial charge in [0.25, 0.3) is 5.56 Å². The maximum atomic E-state index is 12.4. The van der Waals surface area contributed by atoms with Crippen LogP contribution in [0.5, 0.6) is 0 Å². The molecule has 148 valence electrons. The van der Waals surface area contributed by atoms with Crippen molar-refractivity contribution in [1.82, 2.24) is 9.13 Å². The molecule has 1 heterocycles. The average Bonchev–Trinajstić information content (AvgIpc) is 2.67. The number of hydrogen-bond donors (Lipinski definition) is 0. The fraction of sp³-hybridized carbons (Fsp3) is 0.333.